The summed E-state index contributed by atoms with van der Waals surface area (Å²) in [5.74, 6) is 0.140. The van der Waals surface area contributed by atoms with Crippen LogP contribution in [0.1, 0.15) is 17.3 Å². The van der Waals surface area contributed by atoms with Gasteiger partial charge in [-0.3, -0.25) is 4.79 Å². The summed E-state index contributed by atoms with van der Waals surface area (Å²) in [5, 5.41) is 4.54. The summed E-state index contributed by atoms with van der Waals surface area (Å²) in [5.41, 5.74) is 0.856. The minimum atomic E-state index is -3.85. The van der Waals surface area contributed by atoms with E-state index in [2.05, 4.69) is 15.0 Å². The molecule has 3 aromatic rings. The number of hydrogen-bond donors (Lipinski definition) is 1. The number of rotatable bonds is 7. The predicted molar refractivity (Wildman–Crippen MR) is 104 cm³/mol. The molecule has 0 aliphatic rings. The van der Waals surface area contributed by atoms with Crippen molar-refractivity contribution in [1.29, 1.82) is 0 Å². The molecule has 0 unspecified atom stereocenters. The third-order valence-corrected chi connectivity index (χ3v) is 5.52. The monoisotopic (exact) mass is 402 g/mol. The summed E-state index contributed by atoms with van der Waals surface area (Å²) in [6, 6.07) is 12.7. The first-order chi connectivity index (χ1) is 13.0. The second kappa shape index (κ2) is 8.19. The van der Waals surface area contributed by atoms with E-state index < -0.39 is 10.0 Å². The third-order valence-electron chi connectivity index (χ3n) is 3.46. The van der Waals surface area contributed by atoms with E-state index in [1.807, 2.05) is 6.92 Å². The Bertz CT molecular complexity index is 1020. The minimum Gasteiger partial charge on any atom is -0.493 e. The second-order valence-corrected chi connectivity index (χ2v) is 7.77. The van der Waals surface area contributed by atoms with E-state index in [-0.39, 0.29) is 15.9 Å². The number of ether oxygens (including phenoxy) is 1. The Balaban J connectivity index is 1.73. The molecule has 3 rings (SSSR count). The first-order valence-corrected chi connectivity index (χ1v) is 10.3. The van der Waals surface area contributed by atoms with Crippen molar-refractivity contribution in [3.05, 3.63) is 70.4 Å². The van der Waals surface area contributed by atoms with Crippen LogP contribution in [-0.4, -0.2) is 25.9 Å². The van der Waals surface area contributed by atoms with Crippen LogP contribution >= 0.6 is 11.3 Å². The van der Waals surface area contributed by atoms with Gasteiger partial charge < -0.3 is 19.8 Å². The van der Waals surface area contributed by atoms with E-state index in [9.17, 15) is 13.2 Å². The lowest BCUT2D eigenvalue weighted by atomic mass is 10.2. The maximum atomic E-state index is 12.5. The maximum absolute atomic E-state index is 12.5. The second-order valence-electron chi connectivity index (χ2n) is 5.29. The molecule has 0 aliphatic carbocycles. The summed E-state index contributed by atoms with van der Waals surface area (Å²) >= 11 is 1.13. The normalized spacial score (nSPS) is 11.0. The number of anilines is 1. The quantitative estimate of drug-likeness (QED) is 0.639. The van der Waals surface area contributed by atoms with Crippen molar-refractivity contribution in [2.45, 2.75) is 11.8 Å². The van der Waals surface area contributed by atoms with E-state index in [0.717, 1.165) is 11.3 Å². The molecular weight excluding hydrogens is 386 g/mol. The maximum Gasteiger partial charge on any atom is 0.259 e. The van der Waals surface area contributed by atoms with Crippen molar-refractivity contribution in [1.82, 2.24) is 4.98 Å². The van der Waals surface area contributed by atoms with Gasteiger partial charge in [-0.25, -0.2) is 8.42 Å². The van der Waals surface area contributed by atoms with Crippen LogP contribution in [0.15, 0.2) is 65.0 Å². The van der Waals surface area contributed by atoms with Crippen molar-refractivity contribution in [3.8, 4) is 5.75 Å². The molecule has 0 radical (unpaired) electrons. The molecule has 0 saturated carbocycles. The fourth-order valence-corrected chi connectivity index (χ4v) is 3.93. The summed E-state index contributed by atoms with van der Waals surface area (Å²) in [6.45, 7) is 2.28. The van der Waals surface area contributed by atoms with Crippen LogP contribution in [0.25, 0.3) is 4.72 Å². The first-order valence-electron chi connectivity index (χ1n) is 8.00. The SMILES string of the molecule is CCOc1ccccc1C(=O)Nc1ccc(S(=O)(=O)[N-]c2nccs2)cc1. The molecule has 0 aliphatic heterocycles. The van der Waals surface area contributed by atoms with Gasteiger partial charge in [-0.15, -0.1) is 0 Å². The van der Waals surface area contributed by atoms with Gasteiger partial charge >= 0.3 is 0 Å². The molecule has 1 aromatic heterocycles. The van der Waals surface area contributed by atoms with E-state index in [0.29, 0.717) is 23.6 Å². The Morgan fingerprint density at radius 2 is 1.93 bits per heavy atom. The molecule has 0 saturated heterocycles. The minimum absolute atomic E-state index is 0.0189. The molecule has 1 heterocycles. The van der Waals surface area contributed by atoms with E-state index in [1.165, 1.54) is 30.5 Å². The van der Waals surface area contributed by atoms with Crippen molar-refractivity contribution >= 4 is 38.1 Å². The van der Waals surface area contributed by atoms with Gasteiger partial charge in [0.05, 0.1) is 17.1 Å². The first kappa shape index (κ1) is 18.9. The summed E-state index contributed by atoms with van der Waals surface area (Å²) in [7, 11) is -3.85. The average molecular weight is 402 g/mol. The Morgan fingerprint density at radius 3 is 2.59 bits per heavy atom. The molecule has 0 fully saturated rings. The molecule has 0 atom stereocenters. The Kier molecular flexibility index (Phi) is 5.72. The van der Waals surface area contributed by atoms with E-state index in [1.54, 1.807) is 29.6 Å². The summed E-state index contributed by atoms with van der Waals surface area (Å²) in [4.78, 5) is 16.3. The van der Waals surface area contributed by atoms with Gasteiger partial charge in [0.1, 0.15) is 5.75 Å². The highest BCUT2D eigenvalue weighted by molar-refractivity contribution is 7.94. The lowest BCUT2D eigenvalue weighted by Crippen LogP contribution is -2.13. The molecule has 140 valence electrons. The molecule has 9 heteroatoms. The number of thiazole rings is 1. The van der Waals surface area contributed by atoms with Crippen LogP contribution in [0.5, 0.6) is 5.75 Å². The zero-order valence-electron chi connectivity index (χ0n) is 14.3. The van der Waals surface area contributed by atoms with E-state index in [4.69, 9.17) is 4.74 Å². The van der Waals surface area contributed by atoms with Gasteiger partial charge in [-0.05, 0) is 48.7 Å². The van der Waals surface area contributed by atoms with E-state index >= 15 is 0 Å². The van der Waals surface area contributed by atoms with Gasteiger partial charge in [-0.2, -0.15) is 11.3 Å². The topological polar surface area (TPSA) is 99.5 Å². The van der Waals surface area contributed by atoms with Crippen LogP contribution in [0, 0.1) is 0 Å². The fourth-order valence-electron chi connectivity index (χ4n) is 2.26. The standard InChI is InChI=1S/C18H17N3O4S2/c1-2-25-16-6-4-3-5-15(16)17(22)20-13-7-9-14(10-8-13)27(23,24)21-18-19-11-12-26-18/h3-12H,2H2,1H3,(H2,19,20,21,22)/p-1. The molecule has 7 nitrogen and oxygen atoms in total. The molecule has 2 aromatic carbocycles. The van der Waals surface area contributed by atoms with Crippen LogP contribution in [0.2, 0.25) is 0 Å². The number of hydrogen-bond acceptors (Lipinski definition) is 6. The highest BCUT2D eigenvalue weighted by Gasteiger charge is 2.14. The van der Waals surface area contributed by atoms with Gasteiger partial charge in [0.15, 0.2) is 0 Å². The van der Waals surface area contributed by atoms with Crippen molar-refractivity contribution in [2.75, 3.05) is 11.9 Å². The molecule has 1 amide bonds. The highest BCUT2D eigenvalue weighted by atomic mass is 32.2. The zero-order chi connectivity index (χ0) is 19.3. The van der Waals surface area contributed by atoms with Crippen molar-refractivity contribution in [3.63, 3.8) is 0 Å². The number of carbonyl (C=O) groups is 1. The van der Waals surface area contributed by atoms with Crippen LogP contribution in [0.4, 0.5) is 10.8 Å². The third kappa shape index (κ3) is 4.63. The lowest BCUT2D eigenvalue weighted by molar-refractivity contribution is 0.102. The van der Waals surface area contributed by atoms with Gasteiger partial charge in [-0.1, -0.05) is 18.3 Å². The molecular formula is C18H16N3O4S2-. The van der Waals surface area contributed by atoms with Crippen molar-refractivity contribution in [2.24, 2.45) is 0 Å². The lowest BCUT2D eigenvalue weighted by Gasteiger charge is -2.13. The number of carbonyl (C=O) groups excluding carboxylic acids is 1. The smallest absolute Gasteiger partial charge is 0.259 e. The molecule has 27 heavy (non-hydrogen) atoms. The molecule has 0 spiro atoms. The Labute approximate surface area is 161 Å². The molecule has 1 N–H and O–H groups in total. The number of benzene rings is 2. The number of aromatic nitrogens is 1. The average Bonchev–Trinajstić information content (AvgIpc) is 3.15. The number of amides is 1. The van der Waals surface area contributed by atoms with Crippen molar-refractivity contribution < 1.29 is 17.9 Å². The Morgan fingerprint density at radius 1 is 1.19 bits per heavy atom. The highest BCUT2D eigenvalue weighted by Crippen LogP contribution is 2.29. The van der Waals surface area contributed by atoms with Gasteiger partial charge in [0.25, 0.3) is 5.91 Å². The number of nitrogens with one attached hydrogen (secondary N) is 1. The molecule has 0 bridgehead atoms. The fraction of sp³-hybridized carbons (Fsp3) is 0.111. The van der Waals surface area contributed by atoms with Crippen LogP contribution in [-0.2, 0) is 10.0 Å². The number of para-hydroxylation sites is 1. The Hall–Kier alpha value is -2.91. The number of sulfonamides is 1. The summed E-state index contributed by atoms with van der Waals surface area (Å²) in [6.07, 6.45) is 1.48. The zero-order valence-corrected chi connectivity index (χ0v) is 16.0. The van der Waals surface area contributed by atoms with Crippen LogP contribution < -0.4 is 10.1 Å². The van der Waals surface area contributed by atoms with Crippen LogP contribution in [0.3, 0.4) is 0 Å². The largest absolute Gasteiger partial charge is 0.493 e. The summed E-state index contributed by atoms with van der Waals surface area (Å²) < 4.78 is 33.7. The predicted octanol–water partition coefficient (Wildman–Crippen LogP) is 4.19. The van der Waals surface area contributed by atoms with Gasteiger partial charge in [0.2, 0.25) is 10.0 Å². The van der Waals surface area contributed by atoms with Gasteiger partial charge in [0, 0.05) is 10.8 Å². The number of nitrogens with zero attached hydrogens (tertiary/aromatic N) is 2.